The van der Waals surface area contributed by atoms with Crippen LogP contribution in [0.2, 0.25) is 0 Å². The van der Waals surface area contributed by atoms with E-state index in [1.807, 2.05) is 31.7 Å². The third kappa shape index (κ3) is 4.73. The normalized spacial score (nSPS) is 23.2. The number of ether oxygens (including phenoxy) is 1. The standard InChI is InChI=1S/C20H32N2O2/c1-15-12-13-22(19(23)24-20(3,4)5)14-18(15)21(6)16(2)17-10-8-7-9-11-17/h7-11,15-16,18H,12-14H2,1-6H3. The van der Waals surface area contributed by atoms with E-state index in [0.29, 0.717) is 18.0 Å². The molecule has 1 aliphatic heterocycles. The minimum absolute atomic E-state index is 0.194. The fraction of sp³-hybridized carbons (Fsp3) is 0.650. The van der Waals surface area contributed by atoms with Gasteiger partial charge in [-0.2, -0.15) is 0 Å². The second-order valence-electron chi connectivity index (χ2n) is 8.01. The molecule has 1 aromatic carbocycles. The molecule has 0 spiro atoms. The molecule has 0 N–H and O–H groups in total. The zero-order chi connectivity index (χ0) is 17.9. The van der Waals surface area contributed by atoms with Crippen molar-refractivity contribution in [2.75, 3.05) is 20.1 Å². The first-order valence-corrected chi connectivity index (χ1v) is 8.94. The highest BCUT2D eigenvalue weighted by Crippen LogP contribution is 2.29. The number of amides is 1. The van der Waals surface area contributed by atoms with Crippen molar-refractivity contribution < 1.29 is 9.53 Å². The van der Waals surface area contributed by atoms with Crippen molar-refractivity contribution in [2.45, 2.75) is 58.7 Å². The largest absolute Gasteiger partial charge is 0.444 e. The third-order valence-electron chi connectivity index (χ3n) is 4.99. The van der Waals surface area contributed by atoms with Crippen molar-refractivity contribution in [3.63, 3.8) is 0 Å². The van der Waals surface area contributed by atoms with Crippen molar-refractivity contribution in [2.24, 2.45) is 5.92 Å². The summed E-state index contributed by atoms with van der Waals surface area (Å²) in [5, 5.41) is 0. The Labute approximate surface area is 146 Å². The van der Waals surface area contributed by atoms with Gasteiger partial charge in [-0.05, 0) is 52.6 Å². The van der Waals surface area contributed by atoms with E-state index in [-0.39, 0.29) is 6.09 Å². The van der Waals surface area contributed by atoms with Crippen LogP contribution in [0.5, 0.6) is 0 Å². The molecule has 2 rings (SSSR count). The number of benzene rings is 1. The van der Waals surface area contributed by atoms with Gasteiger partial charge in [-0.1, -0.05) is 37.3 Å². The molecule has 4 heteroatoms. The molecule has 24 heavy (non-hydrogen) atoms. The van der Waals surface area contributed by atoms with Crippen LogP contribution in [0.25, 0.3) is 0 Å². The van der Waals surface area contributed by atoms with Crippen LogP contribution >= 0.6 is 0 Å². The number of piperidine rings is 1. The number of hydrogen-bond acceptors (Lipinski definition) is 3. The number of carbonyl (C=O) groups excluding carboxylic acids is 1. The molecule has 4 nitrogen and oxygen atoms in total. The molecule has 1 amide bonds. The maximum atomic E-state index is 12.4. The van der Waals surface area contributed by atoms with E-state index in [1.54, 1.807) is 0 Å². The molecular formula is C20H32N2O2. The van der Waals surface area contributed by atoms with Crippen LogP contribution in [0.3, 0.4) is 0 Å². The van der Waals surface area contributed by atoms with Crippen LogP contribution in [0.15, 0.2) is 30.3 Å². The average Bonchev–Trinajstić information content (AvgIpc) is 2.53. The maximum absolute atomic E-state index is 12.4. The molecule has 1 aliphatic rings. The van der Waals surface area contributed by atoms with E-state index < -0.39 is 5.60 Å². The van der Waals surface area contributed by atoms with Crippen molar-refractivity contribution in [3.05, 3.63) is 35.9 Å². The Morgan fingerprint density at radius 1 is 1.29 bits per heavy atom. The lowest BCUT2D eigenvalue weighted by atomic mass is 9.91. The lowest BCUT2D eigenvalue weighted by Gasteiger charge is -2.44. The van der Waals surface area contributed by atoms with Gasteiger partial charge in [0.05, 0.1) is 0 Å². The number of likely N-dealkylation sites (tertiary alicyclic amines) is 1. The second-order valence-corrected chi connectivity index (χ2v) is 8.01. The highest BCUT2D eigenvalue weighted by molar-refractivity contribution is 5.68. The van der Waals surface area contributed by atoms with Gasteiger partial charge in [0.2, 0.25) is 0 Å². The average molecular weight is 332 g/mol. The summed E-state index contributed by atoms with van der Waals surface area (Å²) < 4.78 is 5.55. The molecule has 0 aliphatic carbocycles. The topological polar surface area (TPSA) is 32.8 Å². The van der Waals surface area contributed by atoms with Crippen LogP contribution in [-0.4, -0.2) is 47.7 Å². The first kappa shape index (κ1) is 18.8. The summed E-state index contributed by atoms with van der Waals surface area (Å²) in [7, 11) is 2.16. The first-order chi connectivity index (χ1) is 11.2. The fourth-order valence-electron chi connectivity index (χ4n) is 3.33. The summed E-state index contributed by atoms with van der Waals surface area (Å²) in [5.41, 5.74) is 0.861. The van der Waals surface area contributed by atoms with E-state index in [2.05, 4.69) is 50.1 Å². The molecule has 1 aromatic rings. The van der Waals surface area contributed by atoms with Gasteiger partial charge in [0.1, 0.15) is 5.60 Å². The number of hydrogen-bond donors (Lipinski definition) is 0. The quantitative estimate of drug-likeness (QED) is 0.826. The number of nitrogens with zero attached hydrogens (tertiary/aromatic N) is 2. The van der Waals surface area contributed by atoms with Crippen LogP contribution in [-0.2, 0) is 4.74 Å². The lowest BCUT2D eigenvalue weighted by Crippen LogP contribution is -2.53. The molecular weight excluding hydrogens is 300 g/mol. The number of carbonyl (C=O) groups is 1. The Kier molecular flexibility index (Phi) is 5.92. The zero-order valence-corrected chi connectivity index (χ0v) is 16.0. The Balaban J connectivity index is 2.06. The van der Waals surface area contributed by atoms with E-state index >= 15 is 0 Å². The summed E-state index contributed by atoms with van der Waals surface area (Å²) in [6, 6.07) is 11.2. The van der Waals surface area contributed by atoms with Gasteiger partial charge < -0.3 is 9.64 Å². The van der Waals surface area contributed by atoms with E-state index in [1.165, 1.54) is 5.56 Å². The highest BCUT2D eigenvalue weighted by Gasteiger charge is 2.35. The van der Waals surface area contributed by atoms with E-state index in [9.17, 15) is 4.79 Å². The SMILES string of the molecule is CC1CCN(C(=O)OC(C)(C)C)CC1N(C)C(C)c1ccccc1. The Morgan fingerprint density at radius 2 is 1.92 bits per heavy atom. The van der Waals surface area contributed by atoms with Crippen molar-refractivity contribution in [3.8, 4) is 0 Å². The van der Waals surface area contributed by atoms with Crippen LogP contribution < -0.4 is 0 Å². The summed E-state index contributed by atoms with van der Waals surface area (Å²) >= 11 is 0. The molecule has 0 bridgehead atoms. The van der Waals surface area contributed by atoms with E-state index in [4.69, 9.17) is 4.74 Å². The smallest absolute Gasteiger partial charge is 0.410 e. The fourth-order valence-corrected chi connectivity index (χ4v) is 3.33. The lowest BCUT2D eigenvalue weighted by molar-refractivity contribution is 0.000389. The molecule has 134 valence electrons. The summed E-state index contributed by atoms with van der Waals surface area (Å²) in [5.74, 6) is 0.555. The minimum atomic E-state index is -0.446. The predicted molar refractivity (Wildman–Crippen MR) is 98.0 cm³/mol. The van der Waals surface area contributed by atoms with Gasteiger partial charge in [-0.3, -0.25) is 4.90 Å². The van der Waals surface area contributed by atoms with Gasteiger partial charge in [0.25, 0.3) is 0 Å². The molecule has 1 fully saturated rings. The van der Waals surface area contributed by atoms with Crippen molar-refractivity contribution >= 4 is 6.09 Å². The third-order valence-corrected chi connectivity index (χ3v) is 4.99. The molecule has 3 unspecified atom stereocenters. The summed E-state index contributed by atoms with van der Waals surface area (Å²) in [4.78, 5) is 16.7. The van der Waals surface area contributed by atoms with Gasteiger partial charge in [0, 0.05) is 25.2 Å². The number of likely N-dealkylation sites (N-methyl/N-ethyl adjacent to an activating group) is 1. The predicted octanol–water partition coefficient (Wildman–Crippen LogP) is 4.32. The highest BCUT2D eigenvalue weighted by atomic mass is 16.6. The Bertz CT molecular complexity index is 538. The van der Waals surface area contributed by atoms with Gasteiger partial charge >= 0.3 is 6.09 Å². The zero-order valence-electron chi connectivity index (χ0n) is 16.0. The molecule has 0 aromatic heterocycles. The van der Waals surface area contributed by atoms with Gasteiger partial charge in [-0.15, -0.1) is 0 Å². The summed E-state index contributed by atoms with van der Waals surface area (Å²) in [6.07, 6.45) is 0.815. The Hall–Kier alpha value is -1.55. The molecule has 0 saturated carbocycles. The molecule has 3 atom stereocenters. The maximum Gasteiger partial charge on any atom is 0.410 e. The molecule has 0 radical (unpaired) electrons. The molecule has 1 heterocycles. The van der Waals surface area contributed by atoms with E-state index in [0.717, 1.165) is 19.5 Å². The van der Waals surface area contributed by atoms with Gasteiger partial charge in [0.15, 0.2) is 0 Å². The second kappa shape index (κ2) is 7.56. The number of rotatable bonds is 3. The van der Waals surface area contributed by atoms with Crippen LogP contribution in [0.1, 0.15) is 52.6 Å². The van der Waals surface area contributed by atoms with Crippen LogP contribution in [0, 0.1) is 5.92 Å². The van der Waals surface area contributed by atoms with Crippen molar-refractivity contribution in [1.82, 2.24) is 9.80 Å². The first-order valence-electron chi connectivity index (χ1n) is 8.94. The summed E-state index contributed by atoms with van der Waals surface area (Å²) in [6.45, 7) is 11.8. The Morgan fingerprint density at radius 3 is 2.50 bits per heavy atom. The van der Waals surface area contributed by atoms with Gasteiger partial charge in [-0.25, -0.2) is 4.79 Å². The van der Waals surface area contributed by atoms with Crippen molar-refractivity contribution in [1.29, 1.82) is 0 Å². The van der Waals surface area contributed by atoms with Crippen LogP contribution in [0.4, 0.5) is 4.79 Å². The monoisotopic (exact) mass is 332 g/mol. The minimum Gasteiger partial charge on any atom is -0.444 e. The molecule has 1 saturated heterocycles.